The average molecular weight is 137 g/mol. The van der Waals surface area contributed by atoms with Gasteiger partial charge >= 0.3 is 0 Å². The van der Waals surface area contributed by atoms with Crippen LogP contribution in [0, 0.1) is 0 Å². The Bertz CT molecular complexity index is 217. The van der Waals surface area contributed by atoms with E-state index in [1.807, 2.05) is 24.5 Å². The molecule has 0 fully saturated rings. The molecule has 0 amide bonds. The van der Waals surface area contributed by atoms with Crippen molar-refractivity contribution in [2.24, 2.45) is 0 Å². The van der Waals surface area contributed by atoms with Gasteiger partial charge in [0, 0.05) is 17.7 Å². The molecule has 1 nitrogen and oxygen atoms in total. The molecule has 46 valence electrons. The molecule has 1 aromatic heterocycles. The molecule has 0 aromatic carbocycles. The molecule has 0 aliphatic rings. The van der Waals surface area contributed by atoms with E-state index < -0.39 is 0 Å². The van der Waals surface area contributed by atoms with E-state index in [4.69, 9.17) is 0 Å². The molecule has 1 heterocycles. The summed E-state index contributed by atoms with van der Waals surface area (Å²) in [5, 5.41) is 2.96. The van der Waals surface area contributed by atoms with Crippen LogP contribution in [-0.4, -0.2) is 4.98 Å². The first-order chi connectivity index (χ1) is 4.43. The standard InChI is InChI=1S/C7H7NS/c1-2-3-4-7-8-5-6-9-7/h2,4-6H,1H3. The highest BCUT2D eigenvalue weighted by atomic mass is 32.1. The van der Waals surface area contributed by atoms with Crippen LogP contribution in [0.15, 0.2) is 23.4 Å². The number of hydrogen-bond acceptors (Lipinski definition) is 2. The lowest BCUT2D eigenvalue weighted by Gasteiger charge is -1.71. The third-order valence-corrected chi connectivity index (χ3v) is 1.55. The van der Waals surface area contributed by atoms with Crippen molar-refractivity contribution in [1.29, 1.82) is 0 Å². The molecule has 0 aliphatic heterocycles. The zero-order valence-corrected chi connectivity index (χ0v) is 5.98. The van der Waals surface area contributed by atoms with Gasteiger partial charge in [0.05, 0.1) is 0 Å². The second-order valence-electron chi connectivity index (χ2n) is 1.47. The normalized spacial score (nSPS) is 8.11. The average Bonchev–Trinajstić information content (AvgIpc) is 2.34. The molecule has 9 heavy (non-hydrogen) atoms. The van der Waals surface area contributed by atoms with E-state index in [-0.39, 0.29) is 0 Å². The van der Waals surface area contributed by atoms with E-state index in [0.29, 0.717) is 0 Å². The number of aromatic nitrogens is 1. The summed E-state index contributed by atoms with van der Waals surface area (Å²) >= 11 is 1.61. The summed E-state index contributed by atoms with van der Waals surface area (Å²) in [5.41, 5.74) is 2.95. The molecule has 0 spiro atoms. The van der Waals surface area contributed by atoms with Crippen molar-refractivity contribution in [3.8, 4) is 0 Å². The highest BCUT2D eigenvalue weighted by molar-refractivity contribution is 7.10. The molecule has 1 rings (SSSR count). The van der Waals surface area contributed by atoms with Crippen molar-refractivity contribution in [1.82, 2.24) is 4.98 Å². The molecule has 0 saturated carbocycles. The van der Waals surface area contributed by atoms with Crippen molar-refractivity contribution in [2.75, 3.05) is 0 Å². The summed E-state index contributed by atoms with van der Waals surface area (Å²) in [6.45, 7) is 1.93. The van der Waals surface area contributed by atoms with Gasteiger partial charge in [0.1, 0.15) is 5.01 Å². The maximum Gasteiger partial charge on any atom is 0.123 e. The van der Waals surface area contributed by atoms with Gasteiger partial charge < -0.3 is 0 Å². The van der Waals surface area contributed by atoms with E-state index in [2.05, 4.69) is 10.7 Å². The first-order valence-corrected chi connectivity index (χ1v) is 3.58. The zero-order chi connectivity index (χ0) is 6.53. The SMILES string of the molecule is CC=C=Cc1nccs1. The van der Waals surface area contributed by atoms with Crippen LogP contribution in [0.2, 0.25) is 0 Å². The third kappa shape index (κ3) is 1.84. The lowest BCUT2D eigenvalue weighted by molar-refractivity contribution is 1.39. The van der Waals surface area contributed by atoms with Gasteiger partial charge in [-0.15, -0.1) is 17.1 Å². The Morgan fingerprint density at radius 2 is 2.67 bits per heavy atom. The minimum Gasteiger partial charge on any atom is -0.245 e. The second kappa shape index (κ2) is 3.23. The fourth-order valence-electron chi connectivity index (χ4n) is 0.460. The molecule has 0 aliphatic carbocycles. The highest BCUT2D eigenvalue weighted by Gasteiger charge is 1.82. The van der Waals surface area contributed by atoms with Gasteiger partial charge in [-0.25, -0.2) is 4.98 Å². The first kappa shape index (κ1) is 6.27. The van der Waals surface area contributed by atoms with Crippen LogP contribution in [0.25, 0.3) is 6.08 Å². The molecule has 0 atom stereocenters. The van der Waals surface area contributed by atoms with Gasteiger partial charge in [0.25, 0.3) is 0 Å². The van der Waals surface area contributed by atoms with Gasteiger partial charge in [-0.3, -0.25) is 0 Å². The van der Waals surface area contributed by atoms with Crippen LogP contribution in [-0.2, 0) is 0 Å². The molecule has 0 N–H and O–H groups in total. The van der Waals surface area contributed by atoms with Crippen molar-refractivity contribution in [3.05, 3.63) is 28.4 Å². The largest absolute Gasteiger partial charge is 0.245 e. The highest BCUT2D eigenvalue weighted by Crippen LogP contribution is 2.03. The quantitative estimate of drug-likeness (QED) is 0.541. The number of hydrogen-bond donors (Lipinski definition) is 0. The fourth-order valence-corrected chi connectivity index (χ4v) is 0.979. The maximum absolute atomic E-state index is 4.03. The summed E-state index contributed by atoms with van der Waals surface area (Å²) < 4.78 is 0. The lowest BCUT2D eigenvalue weighted by Crippen LogP contribution is -1.59. The van der Waals surface area contributed by atoms with Gasteiger partial charge in [-0.1, -0.05) is 0 Å². The minimum atomic E-state index is 1.01. The number of rotatable bonds is 1. The third-order valence-electron chi connectivity index (χ3n) is 0.825. The molecule has 0 unspecified atom stereocenters. The van der Waals surface area contributed by atoms with Crippen LogP contribution >= 0.6 is 11.3 Å². The van der Waals surface area contributed by atoms with Crippen molar-refractivity contribution < 1.29 is 0 Å². The van der Waals surface area contributed by atoms with Gasteiger partial charge in [0.2, 0.25) is 0 Å². The van der Waals surface area contributed by atoms with Gasteiger partial charge in [-0.2, -0.15) is 0 Å². The van der Waals surface area contributed by atoms with Crippen LogP contribution < -0.4 is 0 Å². The molecule has 0 bridgehead atoms. The van der Waals surface area contributed by atoms with Gasteiger partial charge in [0.15, 0.2) is 0 Å². The van der Waals surface area contributed by atoms with Crippen LogP contribution in [0.3, 0.4) is 0 Å². The van der Waals surface area contributed by atoms with Crippen LogP contribution in [0.1, 0.15) is 11.9 Å². The summed E-state index contributed by atoms with van der Waals surface area (Å²) in [5.74, 6) is 0. The monoisotopic (exact) mass is 137 g/mol. The Labute approximate surface area is 58.4 Å². The number of nitrogens with zero attached hydrogens (tertiary/aromatic N) is 1. The zero-order valence-electron chi connectivity index (χ0n) is 5.16. The Morgan fingerprint density at radius 3 is 3.22 bits per heavy atom. The fraction of sp³-hybridized carbons (Fsp3) is 0.143. The summed E-state index contributed by atoms with van der Waals surface area (Å²) in [7, 11) is 0. The van der Waals surface area contributed by atoms with Crippen LogP contribution in [0.5, 0.6) is 0 Å². The van der Waals surface area contributed by atoms with E-state index in [1.54, 1.807) is 17.5 Å². The van der Waals surface area contributed by atoms with Gasteiger partial charge in [-0.05, 0) is 13.0 Å². The Kier molecular flexibility index (Phi) is 2.25. The topological polar surface area (TPSA) is 12.9 Å². The molecular weight excluding hydrogens is 130 g/mol. The van der Waals surface area contributed by atoms with E-state index in [9.17, 15) is 0 Å². The molecule has 0 radical (unpaired) electrons. The Morgan fingerprint density at radius 1 is 1.78 bits per heavy atom. The lowest BCUT2D eigenvalue weighted by atomic mass is 10.6. The predicted octanol–water partition coefficient (Wildman–Crippen LogP) is 2.33. The minimum absolute atomic E-state index is 1.01. The van der Waals surface area contributed by atoms with Crippen molar-refractivity contribution in [3.63, 3.8) is 0 Å². The summed E-state index contributed by atoms with van der Waals surface area (Å²) in [4.78, 5) is 4.03. The molecule has 1 aromatic rings. The van der Waals surface area contributed by atoms with E-state index >= 15 is 0 Å². The number of allylic oxidation sites excluding steroid dienone is 1. The molecule has 0 saturated heterocycles. The Balaban J connectivity index is 2.80. The Hall–Kier alpha value is -0.850. The maximum atomic E-state index is 4.03. The smallest absolute Gasteiger partial charge is 0.123 e. The molecular formula is C7H7NS. The molecule has 2 heteroatoms. The first-order valence-electron chi connectivity index (χ1n) is 2.70. The van der Waals surface area contributed by atoms with Crippen LogP contribution in [0.4, 0.5) is 0 Å². The predicted molar refractivity (Wildman–Crippen MR) is 40.3 cm³/mol. The number of thiazole rings is 1. The summed E-state index contributed by atoms with van der Waals surface area (Å²) in [6.07, 6.45) is 5.51. The van der Waals surface area contributed by atoms with E-state index in [1.165, 1.54) is 0 Å². The van der Waals surface area contributed by atoms with E-state index in [0.717, 1.165) is 5.01 Å². The summed E-state index contributed by atoms with van der Waals surface area (Å²) in [6, 6.07) is 0. The van der Waals surface area contributed by atoms with Crippen molar-refractivity contribution in [2.45, 2.75) is 6.92 Å². The second-order valence-corrected chi connectivity index (χ2v) is 2.40. The van der Waals surface area contributed by atoms with Crippen molar-refractivity contribution >= 4 is 17.4 Å².